The van der Waals surface area contributed by atoms with Gasteiger partial charge in [-0.05, 0) is 48.1 Å². The summed E-state index contributed by atoms with van der Waals surface area (Å²) in [5, 5.41) is 3.43. The highest BCUT2D eigenvalue weighted by molar-refractivity contribution is 9.10. The van der Waals surface area contributed by atoms with E-state index in [1.54, 1.807) is 0 Å². The van der Waals surface area contributed by atoms with Crippen LogP contribution in [0.1, 0.15) is 32.8 Å². The molecule has 1 N–H and O–H groups in total. The van der Waals surface area contributed by atoms with Crippen LogP contribution in [0.4, 0.5) is 0 Å². The summed E-state index contributed by atoms with van der Waals surface area (Å²) < 4.78 is 7.04. The molecule has 0 bridgehead atoms. The SMILES string of the molecule is CCCNCc1cccc(Br)c1OCCN(CC)CC. The average molecular weight is 343 g/mol. The number of hydrogen-bond acceptors (Lipinski definition) is 3. The Morgan fingerprint density at radius 3 is 2.60 bits per heavy atom. The van der Waals surface area contributed by atoms with Gasteiger partial charge in [0.15, 0.2) is 0 Å². The summed E-state index contributed by atoms with van der Waals surface area (Å²) in [6, 6.07) is 6.22. The molecule has 1 aromatic rings. The highest BCUT2D eigenvalue weighted by Gasteiger charge is 2.08. The molecule has 0 radical (unpaired) electrons. The lowest BCUT2D eigenvalue weighted by Gasteiger charge is -2.19. The van der Waals surface area contributed by atoms with Crippen LogP contribution in [0.3, 0.4) is 0 Å². The molecule has 20 heavy (non-hydrogen) atoms. The Labute approximate surface area is 131 Å². The molecule has 114 valence electrons. The van der Waals surface area contributed by atoms with E-state index in [-0.39, 0.29) is 0 Å². The quantitative estimate of drug-likeness (QED) is 0.656. The zero-order chi connectivity index (χ0) is 14.8. The highest BCUT2D eigenvalue weighted by Crippen LogP contribution is 2.29. The standard InChI is InChI=1S/C16H27BrN2O/c1-4-10-18-13-14-8-7-9-15(17)16(14)20-12-11-19(5-2)6-3/h7-9,18H,4-6,10-13H2,1-3H3. The minimum Gasteiger partial charge on any atom is -0.491 e. The van der Waals surface area contributed by atoms with Gasteiger partial charge in [0.25, 0.3) is 0 Å². The molecule has 0 aromatic heterocycles. The number of nitrogens with zero attached hydrogens (tertiary/aromatic N) is 1. The minimum atomic E-state index is 0.727. The van der Waals surface area contributed by atoms with Crippen molar-refractivity contribution in [2.45, 2.75) is 33.7 Å². The molecule has 0 spiro atoms. The Hall–Kier alpha value is -0.580. The molecule has 0 saturated heterocycles. The van der Waals surface area contributed by atoms with Crippen molar-refractivity contribution in [2.75, 3.05) is 32.8 Å². The largest absolute Gasteiger partial charge is 0.491 e. The number of hydrogen-bond donors (Lipinski definition) is 1. The fraction of sp³-hybridized carbons (Fsp3) is 0.625. The molecule has 0 fully saturated rings. The smallest absolute Gasteiger partial charge is 0.138 e. The molecule has 1 rings (SSSR count). The van der Waals surface area contributed by atoms with Crippen molar-refractivity contribution >= 4 is 15.9 Å². The summed E-state index contributed by atoms with van der Waals surface area (Å²) in [5.74, 6) is 0.975. The van der Waals surface area contributed by atoms with Gasteiger partial charge in [-0.2, -0.15) is 0 Å². The normalized spacial score (nSPS) is 11.1. The first-order valence-electron chi connectivity index (χ1n) is 7.56. The number of rotatable bonds is 10. The number of benzene rings is 1. The van der Waals surface area contributed by atoms with Crippen LogP contribution < -0.4 is 10.1 Å². The van der Waals surface area contributed by atoms with Gasteiger partial charge < -0.3 is 15.0 Å². The first-order chi connectivity index (χ1) is 9.72. The second-order valence-electron chi connectivity index (χ2n) is 4.78. The maximum Gasteiger partial charge on any atom is 0.138 e. The number of nitrogens with one attached hydrogen (secondary N) is 1. The van der Waals surface area contributed by atoms with E-state index in [1.807, 2.05) is 6.07 Å². The van der Waals surface area contributed by atoms with E-state index in [4.69, 9.17) is 4.74 Å². The van der Waals surface area contributed by atoms with Crippen LogP contribution in [0, 0.1) is 0 Å². The Bertz CT molecular complexity index is 381. The van der Waals surface area contributed by atoms with Gasteiger partial charge in [0.2, 0.25) is 0 Å². The summed E-state index contributed by atoms with van der Waals surface area (Å²) in [7, 11) is 0. The van der Waals surface area contributed by atoms with Crippen LogP contribution in [0.15, 0.2) is 22.7 Å². The van der Waals surface area contributed by atoms with Crippen molar-refractivity contribution in [1.29, 1.82) is 0 Å². The van der Waals surface area contributed by atoms with E-state index >= 15 is 0 Å². The molecule has 0 saturated carbocycles. The Morgan fingerprint density at radius 1 is 1.20 bits per heavy atom. The maximum atomic E-state index is 6.00. The Balaban J connectivity index is 2.58. The van der Waals surface area contributed by atoms with Crippen LogP contribution >= 0.6 is 15.9 Å². The van der Waals surface area contributed by atoms with Crippen LogP contribution in [0.5, 0.6) is 5.75 Å². The zero-order valence-corrected chi connectivity index (χ0v) is 14.5. The van der Waals surface area contributed by atoms with E-state index in [0.29, 0.717) is 0 Å². The predicted octanol–water partition coefficient (Wildman–Crippen LogP) is 3.67. The first-order valence-corrected chi connectivity index (χ1v) is 8.35. The Kier molecular flexibility index (Phi) is 8.90. The van der Waals surface area contributed by atoms with E-state index in [9.17, 15) is 0 Å². The van der Waals surface area contributed by atoms with Gasteiger partial charge in [-0.15, -0.1) is 0 Å². The van der Waals surface area contributed by atoms with Crippen LogP contribution in [-0.2, 0) is 6.54 Å². The van der Waals surface area contributed by atoms with E-state index in [1.165, 1.54) is 5.56 Å². The third-order valence-corrected chi connectivity index (χ3v) is 3.96. The van der Waals surface area contributed by atoms with E-state index in [0.717, 1.165) is 56.0 Å². The van der Waals surface area contributed by atoms with Gasteiger partial charge >= 0.3 is 0 Å². The summed E-state index contributed by atoms with van der Waals surface area (Å²) >= 11 is 3.59. The third kappa shape index (κ3) is 5.81. The topological polar surface area (TPSA) is 24.5 Å². The van der Waals surface area contributed by atoms with Gasteiger partial charge in [-0.25, -0.2) is 0 Å². The molecular weight excluding hydrogens is 316 g/mol. The van der Waals surface area contributed by atoms with Crippen molar-refractivity contribution < 1.29 is 4.74 Å². The summed E-state index contributed by atoms with van der Waals surface area (Å²) in [6.07, 6.45) is 1.14. The van der Waals surface area contributed by atoms with Crippen LogP contribution in [0.25, 0.3) is 0 Å². The second kappa shape index (κ2) is 10.2. The molecule has 3 nitrogen and oxygen atoms in total. The fourth-order valence-corrected chi connectivity index (χ4v) is 2.59. The van der Waals surface area contributed by atoms with E-state index < -0.39 is 0 Å². The molecule has 0 heterocycles. The molecule has 0 aliphatic carbocycles. The number of halogens is 1. The number of likely N-dealkylation sites (N-methyl/N-ethyl adjacent to an activating group) is 1. The number of ether oxygens (including phenoxy) is 1. The van der Waals surface area contributed by atoms with E-state index in [2.05, 4.69) is 59.1 Å². The maximum absolute atomic E-state index is 6.00. The summed E-state index contributed by atoms with van der Waals surface area (Å²) in [4.78, 5) is 2.37. The van der Waals surface area contributed by atoms with Crippen molar-refractivity contribution in [3.63, 3.8) is 0 Å². The van der Waals surface area contributed by atoms with Crippen LogP contribution in [0.2, 0.25) is 0 Å². The lowest BCUT2D eigenvalue weighted by molar-refractivity contribution is 0.220. The molecular formula is C16H27BrN2O. The lowest BCUT2D eigenvalue weighted by atomic mass is 10.2. The minimum absolute atomic E-state index is 0.727. The predicted molar refractivity (Wildman–Crippen MR) is 89.4 cm³/mol. The van der Waals surface area contributed by atoms with Gasteiger partial charge in [-0.3, -0.25) is 0 Å². The van der Waals surface area contributed by atoms with Gasteiger partial charge in [0, 0.05) is 18.7 Å². The lowest BCUT2D eigenvalue weighted by Crippen LogP contribution is -2.28. The summed E-state index contributed by atoms with van der Waals surface area (Å²) in [6.45, 7) is 12.3. The Morgan fingerprint density at radius 2 is 1.95 bits per heavy atom. The average Bonchev–Trinajstić information content (AvgIpc) is 2.46. The van der Waals surface area contributed by atoms with Crippen LogP contribution in [-0.4, -0.2) is 37.7 Å². The number of para-hydroxylation sites is 1. The molecule has 1 aromatic carbocycles. The monoisotopic (exact) mass is 342 g/mol. The third-order valence-electron chi connectivity index (χ3n) is 3.34. The molecule has 0 amide bonds. The van der Waals surface area contributed by atoms with Crippen molar-refractivity contribution in [1.82, 2.24) is 10.2 Å². The first kappa shape index (κ1) is 17.5. The van der Waals surface area contributed by atoms with Crippen molar-refractivity contribution in [2.24, 2.45) is 0 Å². The molecule has 0 aliphatic rings. The summed E-state index contributed by atoms with van der Waals surface area (Å²) in [5.41, 5.74) is 1.22. The zero-order valence-electron chi connectivity index (χ0n) is 12.9. The molecule has 4 heteroatoms. The fourth-order valence-electron chi connectivity index (χ4n) is 2.07. The van der Waals surface area contributed by atoms with Gasteiger partial charge in [0.1, 0.15) is 12.4 Å². The molecule has 0 atom stereocenters. The van der Waals surface area contributed by atoms with Gasteiger partial charge in [-0.1, -0.05) is 32.9 Å². The molecule has 0 aliphatic heterocycles. The van der Waals surface area contributed by atoms with Crippen molar-refractivity contribution in [3.05, 3.63) is 28.2 Å². The van der Waals surface area contributed by atoms with Crippen molar-refractivity contribution in [3.8, 4) is 5.75 Å². The molecule has 0 unspecified atom stereocenters. The second-order valence-corrected chi connectivity index (χ2v) is 5.63. The van der Waals surface area contributed by atoms with Gasteiger partial charge in [0.05, 0.1) is 4.47 Å². The highest BCUT2D eigenvalue weighted by atomic mass is 79.9.